The van der Waals surface area contributed by atoms with Crippen LogP contribution in [0.25, 0.3) is 11.6 Å². The summed E-state index contributed by atoms with van der Waals surface area (Å²) in [5, 5.41) is 8.90. The Morgan fingerprint density at radius 1 is 1.07 bits per heavy atom. The Morgan fingerprint density at radius 2 is 1.82 bits per heavy atom. The van der Waals surface area contributed by atoms with Gasteiger partial charge < -0.3 is 18.8 Å². The monoisotopic (exact) mass is 397 g/mol. The number of nitrogens with zero attached hydrogens (tertiary/aromatic N) is 5. The van der Waals surface area contributed by atoms with Gasteiger partial charge in [-0.1, -0.05) is 30.0 Å². The molecule has 1 amide bonds. The molecule has 0 aliphatic carbocycles. The van der Waals surface area contributed by atoms with Crippen LogP contribution < -0.4 is 4.90 Å². The van der Waals surface area contributed by atoms with Gasteiger partial charge in [-0.3, -0.25) is 4.79 Å². The molecule has 1 atom stereocenters. The summed E-state index contributed by atoms with van der Waals surface area (Å²) in [6.07, 6.45) is 1.61. The number of amides is 1. The highest BCUT2D eigenvalue weighted by Gasteiger charge is 2.27. The lowest BCUT2D eigenvalue weighted by Gasteiger charge is -2.37. The third-order valence-corrected chi connectivity index (χ3v) is 6.04. The van der Waals surface area contributed by atoms with Crippen LogP contribution in [-0.2, 0) is 11.8 Å². The lowest BCUT2D eigenvalue weighted by atomic mass is 10.2. The van der Waals surface area contributed by atoms with Crippen molar-refractivity contribution in [2.75, 3.05) is 31.1 Å². The molecule has 0 spiro atoms. The minimum atomic E-state index is -0.226. The normalized spacial score (nSPS) is 15.6. The quantitative estimate of drug-likeness (QED) is 0.617. The van der Waals surface area contributed by atoms with Crippen LogP contribution in [0.15, 0.2) is 58.3 Å². The van der Waals surface area contributed by atoms with E-state index in [-0.39, 0.29) is 11.2 Å². The van der Waals surface area contributed by atoms with Gasteiger partial charge in [-0.25, -0.2) is 0 Å². The average Bonchev–Trinajstić information content (AvgIpc) is 3.38. The maximum atomic E-state index is 12.9. The molecule has 1 fully saturated rings. The second kappa shape index (κ2) is 8.10. The number of thioether (sulfide) groups is 1. The van der Waals surface area contributed by atoms with E-state index in [1.54, 1.807) is 6.26 Å². The highest BCUT2D eigenvalue weighted by molar-refractivity contribution is 8.00. The molecule has 1 saturated heterocycles. The van der Waals surface area contributed by atoms with E-state index in [9.17, 15) is 4.79 Å². The van der Waals surface area contributed by atoms with Crippen molar-refractivity contribution in [3.63, 3.8) is 0 Å². The number of furan rings is 1. The number of carbonyl (C=O) groups excluding carboxylic acids is 1. The maximum Gasteiger partial charge on any atom is 0.236 e. The predicted octanol–water partition coefficient (Wildman–Crippen LogP) is 2.90. The van der Waals surface area contributed by atoms with Crippen molar-refractivity contribution in [3.8, 4) is 11.6 Å². The van der Waals surface area contributed by atoms with E-state index in [1.807, 2.05) is 53.8 Å². The van der Waals surface area contributed by atoms with Crippen LogP contribution in [0.4, 0.5) is 5.69 Å². The number of rotatable bonds is 5. The molecule has 1 aliphatic rings. The minimum Gasteiger partial charge on any atom is -0.461 e. The van der Waals surface area contributed by atoms with Crippen LogP contribution >= 0.6 is 11.8 Å². The number of hydrogen-bond donors (Lipinski definition) is 0. The fourth-order valence-electron chi connectivity index (χ4n) is 3.33. The molecular formula is C20H23N5O2S. The van der Waals surface area contributed by atoms with Gasteiger partial charge >= 0.3 is 0 Å². The molecule has 2 aromatic heterocycles. The van der Waals surface area contributed by atoms with Crippen molar-refractivity contribution in [3.05, 3.63) is 48.7 Å². The topological polar surface area (TPSA) is 67.4 Å². The Bertz CT molecular complexity index is 917. The largest absolute Gasteiger partial charge is 0.461 e. The molecule has 0 bridgehead atoms. The molecular weight excluding hydrogens is 374 g/mol. The van der Waals surface area contributed by atoms with E-state index < -0.39 is 0 Å². The van der Waals surface area contributed by atoms with Gasteiger partial charge in [-0.15, -0.1) is 10.2 Å². The molecule has 1 aromatic carbocycles. The Morgan fingerprint density at radius 3 is 2.50 bits per heavy atom. The number of hydrogen-bond acceptors (Lipinski definition) is 6. The zero-order valence-corrected chi connectivity index (χ0v) is 16.8. The van der Waals surface area contributed by atoms with Crippen molar-refractivity contribution in [1.82, 2.24) is 19.7 Å². The molecule has 4 rings (SSSR count). The maximum absolute atomic E-state index is 12.9. The number of para-hydroxylation sites is 1. The Labute approximate surface area is 168 Å². The van der Waals surface area contributed by atoms with Gasteiger partial charge in [0.05, 0.1) is 11.5 Å². The second-order valence-corrected chi connectivity index (χ2v) is 8.06. The summed E-state index contributed by atoms with van der Waals surface area (Å²) in [7, 11) is 1.88. The first kappa shape index (κ1) is 18.6. The molecule has 0 N–H and O–H groups in total. The van der Waals surface area contributed by atoms with Crippen molar-refractivity contribution in [1.29, 1.82) is 0 Å². The number of piperazine rings is 1. The van der Waals surface area contributed by atoms with E-state index >= 15 is 0 Å². The fourth-order valence-corrected chi connectivity index (χ4v) is 4.23. The molecule has 3 aromatic rings. The SMILES string of the molecule is C[C@H](Sc1nnc(-c2ccco2)n1C)C(=O)N1CCN(c2ccccc2)CC1. The van der Waals surface area contributed by atoms with Gasteiger partial charge in [0.15, 0.2) is 16.7 Å². The first-order valence-electron chi connectivity index (χ1n) is 9.32. The van der Waals surface area contributed by atoms with E-state index in [2.05, 4.69) is 27.2 Å². The van der Waals surface area contributed by atoms with Crippen LogP contribution in [0.5, 0.6) is 0 Å². The predicted molar refractivity (Wildman–Crippen MR) is 109 cm³/mol. The molecule has 1 aliphatic heterocycles. The smallest absolute Gasteiger partial charge is 0.236 e. The summed E-state index contributed by atoms with van der Waals surface area (Å²) in [6.45, 7) is 5.08. The number of benzene rings is 1. The number of anilines is 1. The van der Waals surface area contributed by atoms with E-state index in [1.165, 1.54) is 17.4 Å². The van der Waals surface area contributed by atoms with Gasteiger partial charge in [0.1, 0.15) is 0 Å². The van der Waals surface area contributed by atoms with Crippen LogP contribution in [0.1, 0.15) is 6.92 Å². The van der Waals surface area contributed by atoms with Gasteiger partial charge in [0.25, 0.3) is 0 Å². The van der Waals surface area contributed by atoms with Crippen molar-refractivity contribution in [2.24, 2.45) is 7.05 Å². The van der Waals surface area contributed by atoms with Crippen molar-refractivity contribution >= 4 is 23.4 Å². The number of aromatic nitrogens is 3. The molecule has 3 heterocycles. The third kappa shape index (κ3) is 3.77. The highest BCUT2D eigenvalue weighted by atomic mass is 32.2. The molecule has 0 unspecified atom stereocenters. The van der Waals surface area contributed by atoms with Crippen molar-refractivity contribution < 1.29 is 9.21 Å². The van der Waals surface area contributed by atoms with Crippen LogP contribution in [0.3, 0.4) is 0 Å². The zero-order valence-electron chi connectivity index (χ0n) is 16.0. The van der Waals surface area contributed by atoms with E-state index in [4.69, 9.17) is 4.42 Å². The minimum absolute atomic E-state index is 0.139. The summed E-state index contributed by atoms with van der Waals surface area (Å²) in [4.78, 5) is 17.2. The van der Waals surface area contributed by atoms with Gasteiger partial charge in [0, 0.05) is 38.9 Å². The molecule has 8 heteroatoms. The van der Waals surface area contributed by atoms with E-state index in [0.717, 1.165) is 26.2 Å². The third-order valence-electron chi connectivity index (χ3n) is 4.92. The van der Waals surface area contributed by atoms with Crippen LogP contribution in [0, 0.1) is 0 Å². The highest BCUT2D eigenvalue weighted by Crippen LogP contribution is 2.27. The standard InChI is InChI=1S/C20H23N5O2S/c1-15(28-20-22-21-18(23(20)2)17-9-6-14-27-17)19(26)25-12-10-24(11-13-25)16-7-4-3-5-8-16/h3-9,14-15H,10-13H2,1-2H3/t15-/m0/s1. The zero-order chi connectivity index (χ0) is 19.5. The number of carbonyl (C=O) groups is 1. The summed E-state index contributed by atoms with van der Waals surface area (Å²) < 4.78 is 7.26. The van der Waals surface area contributed by atoms with Gasteiger partial charge in [-0.05, 0) is 31.2 Å². The molecule has 0 radical (unpaired) electrons. The van der Waals surface area contributed by atoms with Crippen LogP contribution in [0.2, 0.25) is 0 Å². The lowest BCUT2D eigenvalue weighted by Crippen LogP contribution is -2.50. The van der Waals surface area contributed by atoms with Crippen LogP contribution in [-0.4, -0.2) is 57.0 Å². The van der Waals surface area contributed by atoms with E-state index in [0.29, 0.717) is 16.7 Å². The summed E-state index contributed by atoms with van der Waals surface area (Å²) >= 11 is 1.43. The Hall–Kier alpha value is -2.74. The van der Waals surface area contributed by atoms with Crippen molar-refractivity contribution in [2.45, 2.75) is 17.3 Å². The molecule has 7 nitrogen and oxygen atoms in total. The Kier molecular flexibility index (Phi) is 5.38. The summed E-state index contributed by atoms with van der Waals surface area (Å²) in [5.74, 6) is 1.46. The molecule has 28 heavy (non-hydrogen) atoms. The molecule has 0 saturated carbocycles. The fraction of sp³-hybridized carbons (Fsp3) is 0.350. The molecule has 146 valence electrons. The summed E-state index contributed by atoms with van der Waals surface area (Å²) in [5.41, 5.74) is 1.21. The first-order chi connectivity index (χ1) is 13.6. The second-order valence-electron chi connectivity index (χ2n) is 6.75. The van der Waals surface area contributed by atoms with Gasteiger partial charge in [0.2, 0.25) is 5.91 Å². The van der Waals surface area contributed by atoms with Gasteiger partial charge in [-0.2, -0.15) is 0 Å². The average molecular weight is 398 g/mol. The lowest BCUT2D eigenvalue weighted by molar-refractivity contribution is -0.130. The first-order valence-corrected chi connectivity index (χ1v) is 10.2. The summed E-state index contributed by atoms with van der Waals surface area (Å²) in [6, 6.07) is 14.0. The Balaban J connectivity index is 1.36.